The highest BCUT2D eigenvalue weighted by Gasteiger charge is 2.38. The number of fused-ring (bicyclic) bond motifs is 1. The van der Waals surface area contributed by atoms with Crippen molar-refractivity contribution in [3.8, 4) is 39.5 Å². The number of thiazole rings is 1. The zero-order valence-electron chi connectivity index (χ0n) is 39.2. The van der Waals surface area contributed by atoms with Crippen LogP contribution in [0, 0.1) is 18.8 Å². The lowest BCUT2D eigenvalue weighted by atomic mass is 10.1. The largest absolute Gasteiger partial charge is 0.490 e. The Balaban J connectivity index is 0.783. The third-order valence-electron chi connectivity index (χ3n) is 10.7. The summed E-state index contributed by atoms with van der Waals surface area (Å²) in [5.41, 5.74) is 11.2. The van der Waals surface area contributed by atoms with Crippen LogP contribution in [0.5, 0.6) is 5.75 Å². The van der Waals surface area contributed by atoms with Crippen LogP contribution in [-0.2, 0) is 41.7 Å². The maximum absolute atomic E-state index is 13.1. The normalized spacial score (nSPS) is 14.7. The van der Waals surface area contributed by atoms with Crippen molar-refractivity contribution in [1.82, 2.24) is 56.0 Å². The van der Waals surface area contributed by atoms with Gasteiger partial charge in [-0.3, -0.25) is 19.2 Å². The van der Waals surface area contributed by atoms with Crippen molar-refractivity contribution in [2.24, 2.45) is 0 Å². The Morgan fingerprint density at radius 3 is 2.49 bits per heavy atom. The fraction of sp³-hybridized carbons (Fsp3) is 0.500. The quantitative estimate of drug-likeness (QED) is 0.0321. The van der Waals surface area contributed by atoms with E-state index >= 15 is 0 Å². The maximum atomic E-state index is 13.1. The van der Waals surface area contributed by atoms with E-state index in [0.717, 1.165) is 21.7 Å². The molecule has 0 radical (unpaired) electrons. The number of ether oxygens (including phenoxy) is 3. The van der Waals surface area contributed by atoms with Gasteiger partial charge in [0.2, 0.25) is 23.6 Å². The Morgan fingerprint density at radius 2 is 1.77 bits per heavy atom. The number of carbonyl (C=O) groups excluding carboxylic acids is 4. The molecule has 23 heteroatoms. The van der Waals surface area contributed by atoms with E-state index in [1.54, 1.807) is 36.9 Å². The Labute approximate surface area is 403 Å². The summed E-state index contributed by atoms with van der Waals surface area (Å²) in [6, 6.07) is 6.93. The number of hydrogen-bond donors (Lipinski definition) is 7. The summed E-state index contributed by atoms with van der Waals surface area (Å²) in [5, 5.41) is 39.5. The van der Waals surface area contributed by atoms with Crippen LogP contribution in [0.25, 0.3) is 33.0 Å². The molecule has 4 amide bonds. The molecular weight excluding hydrogens is 913 g/mol. The lowest BCUT2D eigenvalue weighted by Crippen LogP contribution is -2.49. The number of β-amino-alcohol motifs (C(OH)–C–C–N with tert-alkyl or cyclic N) is 1. The van der Waals surface area contributed by atoms with Crippen LogP contribution in [0.3, 0.4) is 0 Å². The van der Waals surface area contributed by atoms with Crippen LogP contribution in [-0.4, -0.2) is 152 Å². The molecule has 69 heavy (non-hydrogen) atoms. The van der Waals surface area contributed by atoms with Gasteiger partial charge in [0, 0.05) is 39.0 Å². The van der Waals surface area contributed by atoms with Crippen LogP contribution in [0.15, 0.2) is 40.6 Å². The van der Waals surface area contributed by atoms with Crippen LogP contribution >= 0.6 is 11.3 Å². The average molecular weight is 973 g/mol. The number of likely N-dealkylation sites (tertiary alicyclic amines) is 1. The van der Waals surface area contributed by atoms with Gasteiger partial charge in [-0.2, -0.15) is 0 Å². The molecule has 6 rings (SSSR count). The van der Waals surface area contributed by atoms with Crippen LogP contribution in [0.2, 0.25) is 0 Å². The summed E-state index contributed by atoms with van der Waals surface area (Å²) in [5.74, 6) is 5.20. The highest BCUT2D eigenvalue weighted by Crippen LogP contribution is 2.33. The second kappa shape index (κ2) is 25.2. The van der Waals surface area contributed by atoms with Crippen molar-refractivity contribution >= 4 is 51.8 Å². The number of imidazole rings is 1. The number of aromatic nitrogens is 6. The Bertz CT molecular complexity index is 2580. The molecule has 0 unspecified atom stereocenters. The van der Waals surface area contributed by atoms with E-state index < -0.39 is 29.6 Å². The predicted molar refractivity (Wildman–Crippen MR) is 254 cm³/mol. The number of nitrogens with zero attached hydrogens (tertiary/aromatic N) is 7. The van der Waals surface area contributed by atoms with Crippen molar-refractivity contribution in [3.05, 3.63) is 52.9 Å². The fourth-order valence-corrected chi connectivity index (χ4v) is 8.11. The third kappa shape index (κ3) is 15.0. The van der Waals surface area contributed by atoms with Crippen molar-refractivity contribution in [1.29, 1.82) is 0 Å². The number of carbonyl (C=O) groups is 4. The first-order valence-corrected chi connectivity index (χ1v) is 23.6. The van der Waals surface area contributed by atoms with Crippen molar-refractivity contribution in [2.45, 2.75) is 84.2 Å². The molecule has 5 aromatic rings. The Hall–Kier alpha value is -6.55. The summed E-state index contributed by atoms with van der Waals surface area (Å²) in [6.07, 6.45) is 2.46. The fourth-order valence-electron chi connectivity index (χ4n) is 7.30. The molecule has 5 heterocycles. The molecule has 1 aliphatic heterocycles. The van der Waals surface area contributed by atoms with Gasteiger partial charge in [0.25, 0.3) is 0 Å². The van der Waals surface area contributed by atoms with E-state index in [1.165, 1.54) is 4.90 Å². The van der Waals surface area contributed by atoms with Gasteiger partial charge in [0.1, 0.15) is 35.0 Å². The number of benzene rings is 1. The van der Waals surface area contributed by atoms with Gasteiger partial charge in [-0.05, 0) is 81.0 Å². The number of rotatable bonds is 25. The van der Waals surface area contributed by atoms with Crippen molar-refractivity contribution in [2.75, 3.05) is 71.5 Å². The standard InChI is InChI=1S/C46H60N12O10S/c1-5-57-41-35(24-50-33(13-14-46(3,4)64)39(41)54-44(57)40-43(47)56-68-55-40)67-18-7-16-48-15-6-8-36(60)49-17-19-65-20-21-66-27-37(61)51-25-38(62)58-26-32(59)22-34(58)45(63)52-23-30-9-11-31(12-10-30)42-29(2)53-28-69-42/h9-12,24,28,32,34,48,59,64H,5-8,15-23,25-27H2,1-4H3,(H2,47,56)(H,49,60)(H,51,61)(H,52,63)/t32-,34+/m1/s1. The first kappa shape index (κ1) is 51.8. The molecular formula is C46H60N12O10S. The van der Waals surface area contributed by atoms with Gasteiger partial charge in [0.15, 0.2) is 23.1 Å². The lowest BCUT2D eigenvalue weighted by Gasteiger charge is -2.24. The number of aryl methyl sites for hydroxylation is 2. The molecule has 1 aliphatic rings. The molecule has 2 atom stereocenters. The van der Waals surface area contributed by atoms with Crippen LogP contribution in [0.1, 0.15) is 63.4 Å². The minimum Gasteiger partial charge on any atom is -0.490 e. The summed E-state index contributed by atoms with van der Waals surface area (Å²) in [7, 11) is 0. The molecule has 8 N–H and O–H groups in total. The van der Waals surface area contributed by atoms with Crippen LogP contribution in [0.4, 0.5) is 5.82 Å². The summed E-state index contributed by atoms with van der Waals surface area (Å²) >= 11 is 1.56. The first-order valence-electron chi connectivity index (χ1n) is 22.7. The minimum absolute atomic E-state index is 0.0132. The van der Waals surface area contributed by atoms with E-state index in [4.69, 9.17) is 29.6 Å². The third-order valence-corrected chi connectivity index (χ3v) is 11.7. The molecule has 0 saturated carbocycles. The molecule has 4 aromatic heterocycles. The number of aliphatic hydroxyl groups excluding tert-OH is 1. The SMILES string of the molecule is CCn1c(-c2nonc2N)nc2c(C#CC(C)(C)O)ncc(OCCCNCCCC(=O)NCCOCCOCC(=O)NCC(=O)N3C[C@H](O)C[C@H]3C(=O)NCc3ccc(-c4scnc4C)cc3)c21. The summed E-state index contributed by atoms with van der Waals surface area (Å²) < 4.78 is 23.7. The van der Waals surface area contributed by atoms with E-state index in [2.05, 4.69) is 53.4 Å². The van der Waals surface area contributed by atoms with E-state index in [0.29, 0.717) is 80.3 Å². The molecule has 370 valence electrons. The smallest absolute Gasteiger partial charge is 0.246 e. The van der Waals surface area contributed by atoms with E-state index in [9.17, 15) is 29.4 Å². The number of nitrogens with two attached hydrogens (primary N) is 1. The molecule has 1 saturated heterocycles. The number of hydrogen-bond acceptors (Lipinski definition) is 18. The molecule has 1 fully saturated rings. The number of pyridine rings is 1. The molecule has 22 nitrogen and oxygen atoms in total. The molecule has 0 bridgehead atoms. The molecule has 1 aromatic carbocycles. The lowest BCUT2D eigenvalue weighted by molar-refractivity contribution is -0.139. The summed E-state index contributed by atoms with van der Waals surface area (Å²) in [6.45, 7) is 9.68. The molecule has 0 spiro atoms. The van der Waals surface area contributed by atoms with Crippen LogP contribution < -0.4 is 31.7 Å². The second-order valence-electron chi connectivity index (χ2n) is 16.6. The van der Waals surface area contributed by atoms with Gasteiger partial charge in [0.05, 0.1) is 61.4 Å². The Kier molecular flexibility index (Phi) is 18.9. The number of anilines is 1. The van der Waals surface area contributed by atoms with Gasteiger partial charge < -0.3 is 60.9 Å². The second-order valence-corrected chi connectivity index (χ2v) is 17.5. The summed E-state index contributed by atoms with van der Waals surface area (Å²) in [4.78, 5) is 66.5. The minimum atomic E-state index is -1.24. The monoisotopic (exact) mass is 972 g/mol. The topological polar surface area (TPSA) is 296 Å². The van der Waals surface area contributed by atoms with Gasteiger partial charge in [-0.15, -0.1) is 11.3 Å². The maximum Gasteiger partial charge on any atom is 0.246 e. The highest BCUT2D eigenvalue weighted by atomic mass is 32.1. The Morgan fingerprint density at radius 1 is 0.986 bits per heavy atom. The zero-order valence-corrected chi connectivity index (χ0v) is 40.0. The van der Waals surface area contributed by atoms with Gasteiger partial charge >= 0.3 is 0 Å². The number of nitrogen functional groups attached to an aromatic ring is 1. The zero-order chi connectivity index (χ0) is 49.3. The average Bonchev–Trinajstić information content (AvgIpc) is 4.14. The van der Waals surface area contributed by atoms with E-state index in [-0.39, 0.29) is 75.8 Å². The van der Waals surface area contributed by atoms with E-state index in [1.807, 2.05) is 42.7 Å². The number of aliphatic hydroxyl groups is 2. The number of nitrogens with one attached hydrogen (secondary N) is 4. The van der Waals surface area contributed by atoms with Gasteiger partial charge in [-0.1, -0.05) is 30.2 Å². The first-order chi connectivity index (χ1) is 33.2. The predicted octanol–water partition coefficient (Wildman–Crippen LogP) is 1.32. The van der Waals surface area contributed by atoms with Crippen molar-refractivity contribution < 1.29 is 48.2 Å². The van der Waals surface area contributed by atoms with Gasteiger partial charge in [-0.25, -0.2) is 19.6 Å². The molecule has 0 aliphatic carbocycles. The van der Waals surface area contributed by atoms with Crippen molar-refractivity contribution in [3.63, 3.8) is 0 Å². The number of amides is 4. The highest BCUT2D eigenvalue weighted by molar-refractivity contribution is 7.13.